The Morgan fingerprint density at radius 3 is 2.47 bits per heavy atom. The summed E-state index contributed by atoms with van der Waals surface area (Å²) in [6, 6.07) is 15.2. The van der Waals surface area contributed by atoms with Crippen molar-refractivity contribution in [3.8, 4) is 17.1 Å². The summed E-state index contributed by atoms with van der Waals surface area (Å²) in [6.07, 6.45) is 4.46. The molecule has 0 spiro atoms. The highest BCUT2D eigenvalue weighted by atomic mass is 16.4. The molecule has 1 aliphatic heterocycles. The Morgan fingerprint density at radius 1 is 1.06 bits per heavy atom. The number of carbonyl (C=O) groups is 2. The predicted octanol–water partition coefficient (Wildman–Crippen LogP) is 3.75. The zero-order valence-corrected chi connectivity index (χ0v) is 18.1. The summed E-state index contributed by atoms with van der Waals surface area (Å²) in [6.45, 7) is 1.96. The summed E-state index contributed by atoms with van der Waals surface area (Å²) in [5, 5.41) is 13.7. The maximum atomic E-state index is 12.9. The van der Waals surface area contributed by atoms with Gasteiger partial charge in [-0.1, -0.05) is 31.0 Å². The highest BCUT2D eigenvalue weighted by molar-refractivity contribution is 6.05. The number of carboxylic acid groups (broad SMARTS) is 1. The zero-order chi connectivity index (χ0) is 22.4. The molecule has 1 saturated carbocycles. The molecule has 1 aliphatic carbocycles. The minimum atomic E-state index is -1.18. The van der Waals surface area contributed by atoms with Crippen molar-refractivity contribution in [2.24, 2.45) is 0 Å². The third-order valence-corrected chi connectivity index (χ3v) is 6.50. The lowest BCUT2D eigenvalue weighted by atomic mass is 10.0. The van der Waals surface area contributed by atoms with Crippen LogP contribution >= 0.6 is 0 Å². The van der Waals surface area contributed by atoms with Crippen LogP contribution in [0.15, 0.2) is 48.5 Å². The van der Waals surface area contributed by atoms with Crippen molar-refractivity contribution >= 4 is 23.3 Å². The van der Waals surface area contributed by atoms with Gasteiger partial charge in [0.05, 0.1) is 17.1 Å². The van der Waals surface area contributed by atoms with Crippen LogP contribution in [-0.2, 0) is 4.79 Å². The lowest BCUT2D eigenvalue weighted by molar-refractivity contribution is -0.119. The SMILES string of the molecule is CC1C(=O)N(C)c2ccc(-c3nc(C(=O)O)nn3-c3ccccc3)cc2N1C1CCCC1. The van der Waals surface area contributed by atoms with E-state index in [1.165, 1.54) is 0 Å². The van der Waals surface area contributed by atoms with Crippen molar-refractivity contribution in [1.82, 2.24) is 14.8 Å². The molecule has 5 rings (SSSR count). The van der Waals surface area contributed by atoms with Crippen LogP contribution < -0.4 is 9.80 Å². The summed E-state index contributed by atoms with van der Waals surface area (Å²) in [5.74, 6) is -0.895. The van der Waals surface area contributed by atoms with Crippen molar-refractivity contribution in [2.75, 3.05) is 16.8 Å². The van der Waals surface area contributed by atoms with E-state index in [0.717, 1.165) is 48.3 Å². The van der Waals surface area contributed by atoms with Gasteiger partial charge in [-0.2, -0.15) is 0 Å². The van der Waals surface area contributed by atoms with Gasteiger partial charge >= 0.3 is 5.97 Å². The zero-order valence-electron chi connectivity index (χ0n) is 18.1. The number of rotatable bonds is 4. The molecule has 8 nitrogen and oxygen atoms in total. The predicted molar refractivity (Wildman–Crippen MR) is 121 cm³/mol. The number of benzene rings is 2. The molecule has 8 heteroatoms. The number of amides is 1. The highest BCUT2D eigenvalue weighted by Crippen LogP contribution is 2.42. The van der Waals surface area contributed by atoms with Gasteiger partial charge in [0.1, 0.15) is 6.04 Å². The largest absolute Gasteiger partial charge is 0.475 e. The number of nitrogens with zero attached hydrogens (tertiary/aromatic N) is 5. The molecule has 32 heavy (non-hydrogen) atoms. The van der Waals surface area contributed by atoms with E-state index >= 15 is 0 Å². The summed E-state index contributed by atoms with van der Waals surface area (Å²) in [7, 11) is 1.80. The highest BCUT2D eigenvalue weighted by Gasteiger charge is 2.38. The minimum absolute atomic E-state index is 0.0813. The van der Waals surface area contributed by atoms with Crippen LogP contribution in [0.2, 0.25) is 0 Å². The second-order valence-electron chi connectivity index (χ2n) is 8.43. The van der Waals surface area contributed by atoms with Gasteiger partial charge in [-0.3, -0.25) is 4.79 Å². The first-order chi connectivity index (χ1) is 15.5. The lowest BCUT2D eigenvalue weighted by Gasteiger charge is -2.43. The van der Waals surface area contributed by atoms with Crippen LogP contribution in [0.4, 0.5) is 11.4 Å². The number of hydrogen-bond acceptors (Lipinski definition) is 5. The second kappa shape index (κ2) is 7.78. The van der Waals surface area contributed by atoms with Gasteiger partial charge < -0.3 is 14.9 Å². The maximum absolute atomic E-state index is 12.9. The molecule has 3 aromatic rings. The Labute approximate surface area is 186 Å². The Balaban J connectivity index is 1.67. The molecule has 1 N–H and O–H groups in total. The van der Waals surface area contributed by atoms with Gasteiger partial charge in [-0.25, -0.2) is 14.5 Å². The Hall–Kier alpha value is -3.68. The van der Waals surface area contributed by atoms with Crippen molar-refractivity contribution in [3.05, 3.63) is 54.4 Å². The number of carbonyl (C=O) groups excluding carboxylic acids is 1. The first-order valence-corrected chi connectivity index (χ1v) is 10.9. The summed E-state index contributed by atoms with van der Waals surface area (Å²) < 4.78 is 1.56. The molecule has 1 aromatic heterocycles. The molecular formula is C24H25N5O3. The molecule has 0 radical (unpaired) electrons. The van der Waals surface area contributed by atoms with E-state index in [1.54, 1.807) is 16.6 Å². The number of carboxylic acids is 1. The average Bonchev–Trinajstić information content (AvgIpc) is 3.49. The molecule has 0 saturated heterocycles. The Kier molecular flexibility index (Phi) is 4.92. The maximum Gasteiger partial charge on any atom is 0.375 e. The molecule has 2 aromatic carbocycles. The summed E-state index contributed by atoms with van der Waals surface area (Å²) in [4.78, 5) is 32.8. The van der Waals surface area contributed by atoms with E-state index in [1.807, 2.05) is 55.5 Å². The van der Waals surface area contributed by atoms with Crippen LogP contribution in [0.25, 0.3) is 17.1 Å². The minimum Gasteiger partial charge on any atom is -0.475 e. The van der Waals surface area contributed by atoms with E-state index in [4.69, 9.17) is 0 Å². The molecular weight excluding hydrogens is 406 g/mol. The monoisotopic (exact) mass is 431 g/mol. The number of anilines is 2. The third kappa shape index (κ3) is 3.23. The van der Waals surface area contributed by atoms with Gasteiger partial charge in [0.2, 0.25) is 5.91 Å². The van der Waals surface area contributed by atoms with E-state index in [-0.39, 0.29) is 17.8 Å². The average molecular weight is 431 g/mol. The summed E-state index contributed by atoms with van der Waals surface area (Å²) in [5.41, 5.74) is 3.32. The van der Waals surface area contributed by atoms with Crippen LogP contribution in [0, 0.1) is 0 Å². The fourth-order valence-electron chi connectivity index (χ4n) is 4.91. The molecule has 2 aliphatic rings. The van der Waals surface area contributed by atoms with Gasteiger partial charge in [0.15, 0.2) is 5.82 Å². The van der Waals surface area contributed by atoms with Crippen molar-refractivity contribution in [1.29, 1.82) is 0 Å². The number of para-hydroxylation sites is 1. The number of aromatic carboxylic acids is 1. The van der Waals surface area contributed by atoms with Crippen molar-refractivity contribution < 1.29 is 14.7 Å². The van der Waals surface area contributed by atoms with E-state index in [2.05, 4.69) is 15.0 Å². The molecule has 1 unspecified atom stereocenters. The summed E-state index contributed by atoms with van der Waals surface area (Å²) >= 11 is 0. The molecule has 1 fully saturated rings. The first-order valence-electron chi connectivity index (χ1n) is 10.9. The van der Waals surface area contributed by atoms with Gasteiger partial charge in [0, 0.05) is 18.7 Å². The Morgan fingerprint density at radius 2 is 1.78 bits per heavy atom. The smallest absolute Gasteiger partial charge is 0.375 e. The van der Waals surface area contributed by atoms with Crippen LogP contribution in [-0.4, -0.2) is 50.9 Å². The van der Waals surface area contributed by atoms with Crippen molar-refractivity contribution in [3.63, 3.8) is 0 Å². The topological polar surface area (TPSA) is 91.6 Å². The first kappa shape index (κ1) is 20.2. The normalized spacial score (nSPS) is 18.8. The third-order valence-electron chi connectivity index (χ3n) is 6.50. The molecule has 0 bridgehead atoms. The fraction of sp³-hybridized carbons (Fsp3) is 0.333. The van der Waals surface area contributed by atoms with Gasteiger partial charge in [-0.15, -0.1) is 5.10 Å². The second-order valence-corrected chi connectivity index (χ2v) is 8.43. The number of hydrogen-bond donors (Lipinski definition) is 1. The molecule has 1 atom stereocenters. The molecule has 164 valence electrons. The standard InChI is InChI=1S/C24H25N5O3/c1-15-23(30)27(2)19-13-12-16(14-20(19)28(15)17-8-6-7-9-17)22-25-21(24(31)32)26-29(22)18-10-4-3-5-11-18/h3-5,10-15,17H,6-9H2,1-2H3,(H,31,32). The number of fused-ring (bicyclic) bond motifs is 1. The van der Waals surface area contributed by atoms with Gasteiger partial charge in [-0.05, 0) is 50.1 Å². The van der Waals surface area contributed by atoms with E-state index < -0.39 is 5.97 Å². The molecule has 2 heterocycles. The Bertz CT molecular complexity index is 1180. The van der Waals surface area contributed by atoms with Crippen LogP contribution in [0.5, 0.6) is 0 Å². The van der Waals surface area contributed by atoms with Gasteiger partial charge in [0.25, 0.3) is 5.82 Å². The fourth-order valence-corrected chi connectivity index (χ4v) is 4.91. The van der Waals surface area contributed by atoms with Crippen LogP contribution in [0.3, 0.4) is 0 Å². The quantitative estimate of drug-likeness (QED) is 0.677. The van der Waals surface area contributed by atoms with Crippen molar-refractivity contribution in [2.45, 2.75) is 44.7 Å². The van der Waals surface area contributed by atoms with E-state index in [0.29, 0.717) is 11.9 Å². The van der Waals surface area contributed by atoms with Crippen LogP contribution in [0.1, 0.15) is 43.2 Å². The number of aromatic nitrogens is 3. The molecule has 1 amide bonds. The lowest BCUT2D eigenvalue weighted by Crippen LogP contribution is -2.54. The number of likely N-dealkylation sites (N-methyl/N-ethyl adjacent to an activating group) is 1. The van der Waals surface area contributed by atoms with E-state index in [9.17, 15) is 14.7 Å².